The van der Waals surface area contributed by atoms with Crippen LogP contribution in [0.2, 0.25) is 0 Å². The summed E-state index contributed by atoms with van der Waals surface area (Å²) in [6.07, 6.45) is 11.2. The molecule has 1 heteroatoms. The maximum atomic E-state index is 5.88. The molecule has 0 radical (unpaired) electrons. The number of hydrogen-bond donors (Lipinski definition) is 0. The van der Waals surface area contributed by atoms with Gasteiger partial charge in [-0.2, -0.15) is 0 Å². The van der Waals surface area contributed by atoms with E-state index in [4.69, 9.17) is 4.74 Å². The van der Waals surface area contributed by atoms with Crippen molar-refractivity contribution in [2.45, 2.75) is 71.3 Å². The molecule has 0 spiro atoms. The van der Waals surface area contributed by atoms with E-state index < -0.39 is 0 Å². The zero-order valence-corrected chi connectivity index (χ0v) is 9.93. The Morgan fingerprint density at radius 2 is 1.71 bits per heavy atom. The molecule has 1 aliphatic rings. The summed E-state index contributed by atoms with van der Waals surface area (Å²) >= 11 is 0. The van der Waals surface area contributed by atoms with Crippen LogP contribution in [0.1, 0.15) is 65.2 Å². The van der Waals surface area contributed by atoms with Crippen LogP contribution in [-0.2, 0) is 4.74 Å². The zero-order valence-electron chi connectivity index (χ0n) is 9.93. The van der Waals surface area contributed by atoms with Crippen molar-refractivity contribution < 1.29 is 4.74 Å². The maximum Gasteiger partial charge on any atom is 0.0575 e. The van der Waals surface area contributed by atoms with E-state index in [1.807, 2.05) is 0 Å². The molecule has 0 aromatic heterocycles. The molecule has 0 aromatic carbocycles. The molecule has 14 heavy (non-hydrogen) atoms. The van der Waals surface area contributed by atoms with Crippen LogP contribution in [0.4, 0.5) is 0 Å². The van der Waals surface area contributed by atoms with Gasteiger partial charge in [0.15, 0.2) is 0 Å². The molecule has 0 aromatic rings. The van der Waals surface area contributed by atoms with E-state index in [0.717, 1.165) is 12.5 Å². The smallest absolute Gasteiger partial charge is 0.0575 e. The van der Waals surface area contributed by atoms with E-state index in [9.17, 15) is 0 Å². The molecule has 84 valence electrons. The van der Waals surface area contributed by atoms with Crippen LogP contribution in [0, 0.1) is 5.92 Å². The van der Waals surface area contributed by atoms with Crippen molar-refractivity contribution in [2.24, 2.45) is 5.92 Å². The summed E-state index contributed by atoms with van der Waals surface area (Å²) in [5.41, 5.74) is 0. The number of unbranched alkanes of at least 4 members (excludes halogenated alkanes) is 2. The van der Waals surface area contributed by atoms with E-state index in [2.05, 4.69) is 13.8 Å². The Morgan fingerprint density at radius 1 is 1.00 bits per heavy atom. The first-order valence-corrected chi connectivity index (χ1v) is 6.48. The van der Waals surface area contributed by atoms with E-state index >= 15 is 0 Å². The minimum absolute atomic E-state index is 0.592. The fraction of sp³-hybridized carbons (Fsp3) is 1.00. The van der Waals surface area contributed by atoms with Gasteiger partial charge >= 0.3 is 0 Å². The van der Waals surface area contributed by atoms with Gasteiger partial charge < -0.3 is 4.74 Å². The van der Waals surface area contributed by atoms with Crippen LogP contribution in [0.5, 0.6) is 0 Å². The third-order valence-corrected chi connectivity index (χ3v) is 3.47. The summed E-state index contributed by atoms with van der Waals surface area (Å²) < 4.78 is 5.88. The normalized spacial score (nSPS) is 27.9. The van der Waals surface area contributed by atoms with E-state index in [-0.39, 0.29) is 0 Å². The molecule has 1 fully saturated rings. The lowest BCUT2D eigenvalue weighted by Gasteiger charge is -2.27. The van der Waals surface area contributed by atoms with Crippen LogP contribution in [0.15, 0.2) is 0 Å². The second-order valence-electron chi connectivity index (χ2n) is 4.63. The Hall–Kier alpha value is -0.0400. The van der Waals surface area contributed by atoms with Gasteiger partial charge in [-0.05, 0) is 38.0 Å². The summed E-state index contributed by atoms with van der Waals surface area (Å²) in [4.78, 5) is 0. The monoisotopic (exact) mass is 198 g/mol. The van der Waals surface area contributed by atoms with Crippen molar-refractivity contribution in [1.82, 2.24) is 0 Å². The van der Waals surface area contributed by atoms with Crippen LogP contribution in [0.3, 0.4) is 0 Å². The molecule has 0 bridgehead atoms. The molecule has 0 atom stereocenters. The van der Waals surface area contributed by atoms with Gasteiger partial charge in [0, 0.05) is 6.61 Å². The average molecular weight is 198 g/mol. The lowest BCUT2D eigenvalue weighted by molar-refractivity contribution is 0.0159. The zero-order chi connectivity index (χ0) is 10.2. The van der Waals surface area contributed by atoms with Crippen molar-refractivity contribution in [3.8, 4) is 0 Å². The Balaban J connectivity index is 1.98. The molecular formula is C13H26O. The maximum absolute atomic E-state index is 5.88. The first-order valence-electron chi connectivity index (χ1n) is 6.48. The van der Waals surface area contributed by atoms with Gasteiger partial charge in [0.25, 0.3) is 0 Å². The number of rotatable bonds is 6. The van der Waals surface area contributed by atoms with Gasteiger partial charge in [0.1, 0.15) is 0 Å². The molecule has 0 amide bonds. The van der Waals surface area contributed by atoms with Crippen LogP contribution < -0.4 is 0 Å². The number of hydrogen-bond acceptors (Lipinski definition) is 1. The van der Waals surface area contributed by atoms with Gasteiger partial charge in [0.05, 0.1) is 6.10 Å². The predicted octanol–water partition coefficient (Wildman–Crippen LogP) is 4.16. The van der Waals surface area contributed by atoms with Crippen molar-refractivity contribution in [2.75, 3.05) is 6.61 Å². The summed E-state index contributed by atoms with van der Waals surface area (Å²) in [6.45, 7) is 5.55. The second-order valence-corrected chi connectivity index (χ2v) is 4.63. The van der Waals surface area contributed by atoms with Crippen LogP contribution >= 0.6 is 0 Å². The highest BCUT2D eigenvalue weighted by atomic mass is 16.5. The standard InChI is InChI=1S/C13H26O/c1-3-5-6-11-14-13-9-7-12(4-2)8-10-13/h12-13H,3-11H2,1-2H3. The SMILES string of the molecule is CCCCCOC1CCC(CC)CC1. The molecule has 0 aliphatic heterocycles. The highest BCUT2D eigenvalue weighted by Gasteiger charge is 2.19. The summed E-state index contributed by atoms with van der Waals surface area (Å²) in [5, 5.41) is 0. The first kappa shape index (κ1) is 12.0. The van der Waals surface area contributed by atoms with Gasteiger partial charge in [-0.15, -0.1) is 0 Å². The van der Waals surface area contributed by atoms with Gasteiger partial charge in [0.2, 0.25) is 0 Å². The fourth-order valence-electron chi connectivity index (χ4n) is 2.31. The van der Waals surface area contributed by atoms with E-state index in [1.54, 1.807) is 0 Å². The van der Waals surface area contributed by atoms with Crippen molar-refractivity contribution in [1.29, 1.82) is 0 Å². The molecule has 0 heterocycles. The molecule has 1 rings (SSSR count). The fourth-order valence-corrected chi connectivity index (χ4v) is 2.31. The lowest BCUT2D eigenvalue weighted by Crippen LogP contribution is -2.21. The molecule has 1 nitrogen and oxygen atoms in total. The van der Waals surface area contributed by atoms with Crippen molar-refractivity contribution >= 4 is 0 Å². The first-order chi connectivity index (χ1) is 6.86. The lowest BCUT2D eigenvalue weighted by atomic mass is 9.86. The van der Waals surface area contributed by atoms with Crippen LogP contribution in [-0.4, -0.2) is 12.7 Å². The third-order valence-electron chi connectivity index (χ3n) is 3.47. The molecule has 1 aliphatic carbocycles. The number of ether oxygens (including phenoxy) is 1. The average Bonchev–Trinajstić information content (AvgIpc) is 2.25. The highest BCUT2D eigenvalue weighted by molar-refractivity contribution is 4.71. The molecule has 0 saturated heterocycles. The Bertz CT molecular complexity index is 125. The highest BCUT2D eigenvalue weighted by Crippen LogP contribution is 2.28. The van der Waals surface area contributed by atoms with Gasteiger partial charge in [-0.1, -0.05) is 33.1 Å². The quantitative estimate of drug-likeness (QED) is 0.582. The summed E-state index contributed by atoms with van der Waals surface area (Å²) in [5.74, 6) is 0.991. The third kappa shape index (κ3) is 4.45. The molecule has 0 unspecified atom stereocenters. The summed E-state index contributed by atoms with van der Waals surface area (Å²) in [6, 6.07) is 0. The van der Waals surface area contributed by atoms with Crippen LogP contribution in [0.25, 0.3) is 0 Å². The summed E-state index contributed by atoms with van der Waals surface area (Å²) in [7, 11) is 0. The van der Waals surface area contributed by atoms with Gasteiger partial charge in [-0.25, -0.2) is 0 Å². The molecule has 0 N–H and O–H groups in total. The van der Waals surface area contributed by atoms with Gasteiger partial charge in [-0.3, -0.25) is 0 Å². The second kappa shape index (κ2) is 7.28. The molecular weight excluding hydrogens is 172 g/mol. The Labute approximate surface area is 89.2 Å². The molecule has 1 saturated carbocycles. The van der Waals surface area contributed by atoms with Crippen molar-refractivity contribution in [3.05, 3.63) is 0 Å². The van der Waals surface area contributed by atoms with E-state index in [1.165, 1.54) is 51.4 Å². The largest absolute Gasteiger partial charge is 0.378 e. The predicted molar refractivity (Wildman–Crippen MR) is 61.5 cm³/mol. The Morgan fingerprint density at radius 3 is 2.29 bits per heavy atom. The van der Waals surface area contributed by atoms with Crippen molar-refractivity contribution in [3.63, 3.8) is 0 Å². The van der Waals surface area contributed by atoms with E-state index in [0.29, 0.717) is 6.10 Å². The minimum atomic E-state index is 0.592. The Kier molecular flexibility index (Phi) is 6.25. The minimum Gasteiger partial charge on any atom is -0.378 e. The topological polar surface area (TPSA) is 9.23 Å².